The van der Waals surface area contributed by atoms with Crippen LogP contribution in [0, 0.1) is 0 Å². The van der Waals surface area contributed by atoms with E-state index in [4.69, 9.17) is 9.84 Å². The molecule has 258 valence electrons. The number of allylic oxidation sites excluding steroid dienone is 10. The van der Waals surface area contributed by atoms with E-state index in [1.165, 1.54) is 64.2 Å². The van der Waals surface area contributed by atoms with Crippen molar-refractivity contribution in [3.63, 3.8) is 0 Å². The molecule has 1 N–H and O–H groups in total. The van der Waals surface area contributed by atoms with Crippen molar-refractivity contribution in [3.8, 4) is 0 Å². The van der Waals surface area contributed by atoms with Crippen LogP contribution in [0.3, 0.4) is 0 Å². The van der Waals surface area contributed by atoms with E-state index < -0.39 is 5.97 Å². The summed E-state index contributed by atoms with van der Waals surface area (Å²) in [5.41, 5.74) is 0. The number of ether oxygens (including phenoxy) is 1. The molecule has 4 nitrogen and oxygen atoms in total. The van der Waals surface area contributed by atoms with Crippen molar-refractivity contribution in [1.29, 1.82) is 0 Å². The van der Waals surface area contributed by atoms with Crippen LogP contribution >= 0.6 is 0 Å². The maximum absolute atomic E-state index is 12.5. The summed E-state index contributed by atoms with van der Waals surface area (Å²) < 4.78 is 5.86. The van der Waals surface area contributed by atoms with Crippen molar-refractivity contribution in [2.75, 3.05) is 0 Å². The molecule has 0 aliphatic heterocycles. The summed E-state index contributed by atoms with van der Waals surface area (Å²) in [6, 6.07) is 0. The third kappa shape index (κ3) is 36.0. The van der Waals surface area contributed by atoms with Gasteiger partial charge in [0.25, 0.3) is 0 Å². The Kier molecular flexibility index (Phi) is 34.2. The third-order valence-corrected chi connectivity index (χ3v) is 8.00. The lowest BCUT2D eigenvalue weighted by Crippen LogP contribution is -2.18. The largest absolute Gasteiger partial charge is 0.481 e. The monoisotopic (exact) mass is 627 g/mol. The van der Waals surface area contributed by atoms with Gasteiger partial charge in [0.05, 0.1) is 0 Å². The SMILES string of the molecule is CC/C=C\C/C=C\C/C=C\C/C=C\C/C=C\CCCCCCCC(=O)OC(CCCCCCCCCCC)CCCCC(=O)O. The fourth-order valence-electron chi connectivity index (χ4n) is 5.27. The number of esters is 1. The number of carboxylic acid groups (broad SMARTS) is 1. The second-order valence-electron chi connectivity index (χ2n) is 12.4. The molecule has 45 heavy (non-hydrogen) atoms. The molecule has 0 bridgehead atoms. The predicted molar refractivity (Wildman–Crippen MR) is 195 cm³/mol. The first-order valence-corrected chi connectivity index (χ1v) is 18.8. The smallest absolute Gasteiger partial charge is 0.306 e. The van der Waals surface area contributed by atoms with Crippen molar-refractivity contribution >= 4 is 11.9 Å². The van der Waals surface area contributed by atoms with Crippen molar-refractivity contribution < 1.29 is 19.4 Å². The number of rotatable bonds is 33. The van der Waals surface area contributed by atoms with Gasteiger partial charge >= 0.3 is 11.9 Å². The maximum atomic E-state index is 12.5. The first kappa shape index (κ1) is 42.6. The van der Waals surface area contributed by atoms with Gasteiger partial charge < -0.3 is 9.84 Å². The standard InChI is InChI=1S/C41H70O4/c1-3-5-7-9-11-13-14-15-16-17-18-19-20-21-22-23-24-26-28-30-32-38-41(44)45-39(36-33-34-37-40(42)43)35-31-29-27-25-12-10-8-6-4-2/h5,7,11,13,15-16,18-19,21-22,39H,3-4,6,8-10,12,14,17,20,23-38H2,1-2H3,(H,42,43)/b7-5-,13-11-,16-15-,19-18-,22-21-. The van der Waals surface area contributed by atoms with Gasteiger partial charge in [-0.05, 0) is 83.5 Å². The van der Waals surface area contributed by atoms with Gasteiger partial charge in [0, 0.05) is 12.8 Å². The average Bonchev–Trinajstić information content (AvgIpc) is 3.02. The van der Waals surface area contributed by atoms with Crippen LogP contribution in [0.15, 0.2) is 60.8 Å². The lowest BCUT2D eigenvalue weighted by Gasteiger charge is -2.18. The molecule has 0 aromatic rings. The molecule has 1 atom stereocenters. The Hall–Kier alpha value is -2.36. The Balaban J connectivity index is 3.90. The predicted octanol–water partition coefficient (Wildman–Crippen LogP) is 12.9. The minimum Gasteiger partial charge on any atom is -0.481 e. The summed E-state index contributed by atoms with van der Waals surface area (Å²) >= 11 is 0. The quantitative estimate of drug-likeness (QED) is 0.0447. The highest BCUT2D eigenvalue weighted by molar-refractivity contribution is 5.69. The van der Waals surface area contributed by atoms with Gasteiger partial charge in [0.15, 0.2) is 0 Å². The maximum Gasteiger partial charge on any atom is 0.306 e. The average molecular weight is 627 g/mol. The molecular formula is C41H70O4. The van der Waals surface area contributed by atoms with Crippen LogP contribution < -0.4 is 0 Å². The van der Waals surface area contributed by atoms with Crippen LogP contribution in [-0.4, -0.2) is 23.1 Å². The van der Waals surface area contributed by atoms with Crippen molar-refractivity contribution in [1.82, 2.24) is 0 Å². The Morgan fingerprint density at radius 3 is 1.47 bits per heavy atom. The Morgan fingerprint density at radius 1 is 0.511 bits per heavy atom. The Bertz CT molecular complexity index is 804. The van der Waals surface area contributed by atoms with E-state index in [0.717, 1.165) is 83.5 Å². The van der Waals surface area contributed by atoms with E-state index in [9.17, 15) is 9.59 Å². The van der Waals surface area contributed by atoms with Gasteiger partial charge in [-0.25, -0.2) is 0 Å². The minimum absolute atomic E-state index is 0.0562. The van der Waals surface area contributed by atoms with Gasteiger partial charge in [0.1, 0.15) is 6.10 Å². The number of hydrogen-bond acceptors (Lipinski definition) is 3. The van der Waals surface area contributed by atoms with E-state index in [2.05, 4.69) is 74.6 Å². The molecule has 0 aliphatic rings. The molecule has 0 saturated heterocycles. The van der Waals surface area contributed by atoms with E-state index in [1.54, 1.807) is 0 Å². The number of carboxylic acids is 1. The minimum atomic E-state index is -0.750. The molecule has 4 heteroatoms. The molecule has 0 aromatic carbocycles. The van der Waals surface area contributed by atoms with E-state index in [0.29, 0.717) is 12.8 Å². The van der Waals surface area contributed by atoms with Gasteiger partial charge in [-0.15, -0.1) is 0 Å². The molecule has 1 unspecified atom stereocenters. The Morgan fingerprint density at radius 2 is 0.933 bits per heavy atom. The van der Waals surface area contributed by atoms with Crippen LogP contribution in [0.25, 0.3) is 0 Å². The fraction of sp³-hybridized carbons (Fsp3) is 0.707. The normalized spacial score (nSPS) is 12.9. The first-order chi connectivity index (χ1) is 22.1. The second-order valence-corrected chi connectivity index (χ2v) is 12.4. The topological polar surface area (TPSA) is 63.6 Å². The summed E-state index contributed by atoms with van der Waals surface area (Å²) in [5, 5.41) is 8.91. The van der Waals surface area contributed by atoms with Crippen molar-refractivity contribution in [3.05, 3.63) is 60.8 Å². The molecular weight excluding hydrogens is 556 g/mol. The van der Waals surface area contributed by atoms with Crippen LogP contribution in [-0.2, 0) is 14.3 Å². The molecule has 0 spiro atoms. The molecule has 0 aliphatic carbocycles. The summed E-state index contributed by atoms with van der Waals surface area (Å²) in [6.45, 7) is 4.41. The summed E-state index contributed by atoms with van der Waals surface area (Å²) in [6.07, 6.45) is 49.4. The fourth-order valence-corrected chi connectivity index (χ4v) is 5.27. The van der Waals surface area contributed by atoms with E-state index in [1.807, 2.05) is 0 Å². The lowest BCUT2D eigenvalue weighted by atomic mass is 10.0. The lowest BCUT2D eigenvalue weighted by molar-refractivity contribution is -0.150. The number of hydrogen-bond donors (Lipinski definition) is 1. The summed E-state index contributed by atoms with van der Waals surface area (Å²) in [5.74, 6) is -0.826. The van der Waals surface area contributed by atoms with Crippen LogP contribution in [0.1, 0.15) is 181 Å². The molecule has 0 heterocycles. The van der Waals surface area contributed by atoms with Gasteiger partial charge in [-0.1, -0.05) is 145 Å². The first-order valence-electron chi connectivity index (χ1n) is 18.8. The number of aliphatic carboxylic acids is 1. The number of carbonyl (C=O) groups excluding carboxylic acids is 1. The molecule has 0 radical (unpaired) electrons. The highest BCUT2D eigenvalue weighted by Gasteiger charge is 2.14. The third-order valence-electron chi connectivity index (χ3n) is 8.00. The zero-order valence-electron chi connectivity index (χ0n) is 29.4. The number of unbranched alkanes of at least 4 members (excludes halogenated alkanes) is 14. The van der Waals surface area contributed by atoms with E-state index in [-0.39, 0.29) is 18.5 Å². The summed E-state index contributed by atoms with van der Waals surface area (Å²) in [4.78, 5) is 23.4. The van der Waals surface area contributed by atoms with Crippen LogP contribution in [0.2, 0.25) is 0 Å². The van der Waals surface area contributed by atoms with Gasteiger partial charge in [-0.3, -0.25) is 9.59 Å². The van der Waals surface area contributed by atoms with Crippen molar-refractivity contribution in [2.24, 2.45) is 0 Å². The van der Waals surface area contributed by atoms with Crippen LogP contribution in [0.5, 0.6) is 0 Å². The zero-order chi connectivity index (χ0) is 32.9. The van der Waals surface area contributed by atoms with Gasteiger partial charge in [-0.2, -0.15) is 0 Å². The van der Waals surface area contributed by atoms with Gasteiger partial charge in [0.2, 0.25) is 0 Å². The molecule has 0 fully saturated rings. The second kappa shape index (κ2) is 36.1. The molecule has 0 saturated carbocycles. The highest BCUT2D eigenvalue weighted by atomic mass is 16.5. The highest BCUT2D eigenvalue weighted by Crippen LogP contribution is 2.18. The Labute approximate surface area is 278 Å². The zero-order valence-corrected chi connectivity index (χ0v) is 29.4. The number of carbonyl (C=O) groups is 2. The summed E-state index contributed by atoms with van der Waals surface area (Å²) in [7, 11) is 0. The van der Waals surface area contributed by atoms with E-state index >= 15 is 0 Å². The molecule has 0 rings (SSSR count). The molecule has 0 amide bonds. The molecule has 0 aromatic heterocycles. The van der Waals surface area contributed by atoms with Crippen LogP contribution in [0.4, 0.5) is 0 Å². The van der Waals surface area contributed by atoms with Crippen molar-refractivity contribution in [2.45, 2.75) is 187 Å².